The van der Waals surface area contributed by atoms with Crippen LogP contribution in [0, 0.1) is 0 Å². The number of para-hydroxylation sites is 1. The first-order chi connectivity index (χ1) is 19.0. The van der Waals surface area contributed by atoms with E-state index in [1.807, 2.05) is 41.4 Å². The van der Waals surface area contributed by atoms with Gasteiger partial charge in [0.25, 0.3) is 0 Å². The molecule has 202 valence electrons. The Bertz CT molecular complexity index is 1510. The number of carbonyl (C=O) groups is 1. The van der Waals surface area contributed by atoms with Crippen molar-refractivity contribution in [2.75, 3.05) is 33.0 Å². The molecule has 1 atom stereocenters. The summed E-state index contributed by atoms with van der Waals surface area (Å²) in [5, 5.41) is 2.15. The van der Waals surface area contributed by atoms with Gasteiger partial charge in [-0.05, 0) is 52.9 Å². The molecule has 0 spiro atoms. The molecule has 1 amide bonds. The number of hydrogen-bond donors (Lipinski definition) is 1. The fraction of sp³-hybridized carbons (Fsp3) is 0.323. The Labute approximate surface area is 238 Å². The van der Waals surface area contributed by atoms with Crippen molar-refractivity contribution in [1.29, 1.82) is 0 Å². The van der Waals surface area contributed by atoms with Gasteiger partial charge in [-0.25, -0.2) is 0 Å². The molecule has 3 aromatic carbocycles. The number of carbonyl (C=O) groups excluding carboxylic acids is 1. The first kappa shape index (κ1) is 26.1. The second kappa shape index (κ2) is 11.1. The smallest absolute Gasteiger partial charge is 0.231 e. The van der Waals surface area contributed by atoms with Crippen molar-refractivity contribution < 1.29 is 14.3 Å². The van der Waals surface area contributed by atoms with Gasteiger partial charge in [-0.1, -0.05) is 60.5 Å². The van der Waals surface area contributed by atoms with E-state index in [-0.39, 0.29) is 18.6 Å². The van der Waals surface area contributed by atoms with Crippen LogP contribution in [0.3, 0.4) is 0 Å². The number of aromatic nitrogens is 1. The van der Waals surface area contributed by atoms with Gasteiger partial charge in [0.2, 0.25) is 12.7 Å². The summed E-state index contributed by atoms with van der Waals surface area (Å²) in [6.45, 7) is 6.30. The van der Waals surface area contributed by atoms with Crippen molar-refractivity contribution in [2.24, 2.45) is 0 Å². The van der Waals surface area contributed by atoms with Crippen LogP contribution >= 0.6 is 23.2 Å². The molecule has 6 rings (SSSR count). The lowest BCUT2D eigenvalue weighted by molar-refractivity contribution is -0.133. The van der Waals surface area contributed by atoms with Crippen molar-refractivity contribution in [3.05, 3.63) is 93.1 Å². The summed E-state index contributed by atoms with van der Waals surface area (Å²) >= 11 is 12.7. The molecule has 1 fully saturated rings. The summed E-state index contributed by atoms with van der Waals surface area (Å²) in [7, 11) is 0. The lowest BCUT2D eigenvalue weighted by Crippen LogP contribution is -2.48. The van der Waals surface area contributed by atoms with E-state index in [0.717, 1.165) is 59.6 Å². The Morgan fingerprint density at radius 1 is 0.974 bits per heavy atom. The molecule has 1 N–H and O–H groups in total. The van der Waals surface area contributed by atoms with E-state index in [0.29, 0.717) is 29.6 Å². The summed E-state index contributed by atoms with van der Waals surface area (Å²) < 4.78 is 10.9. The van der Waals surface area contributed by atoms with Crippen molar-refractivity contribution in [1.82, 2.24) is 14.8 Å². The third-order valence-corrected chi connectivity index (χ3v) is 8.62. The molecule has 4 aromatic rings. The zero-order chi connectivity index (χ0) is 26.9. The molecule has 0 saturated carbocycles. The molecule has 2 aliphatic rings. The number of H-pyrrole nitrogens is 1. The monoisotopic (exact) mass is 563 g/mol. The number of rotatable bonds is 7. The maximum absolute atomic E-state index is 13.7. The number of amides is 1. The van der Waals surface area contributed by atoms with Crippen LogP contribution in [0.15, 0.2) is 60.8 Å². The molecule has 0 bridgehead atoms. The number of aryl methyl sites for hydroxylation is 1. The second-order valence-electron chi connectivity index (χ2n) is 10.2. The van der Waals surface area contributed by atoms with E-state index in [4.69, 9.17) is 32.7 Å². The van der Waals surface area contributed by atoms with Crippen molar-refractivity contribution in [3.63, 3.8) is 0 Å². The van der Waals surface area contributed by atoms with E-state index >= 15 is 0 Å². The van der Waals surface area contributed by atoms with Crippen LogP contribution in [0.1, 0.15) is 41.5 Å². The summed E-state index contributed by atoms with van der Waals surface area (Å²) in [4.78, 5) is 21.5. The zero-order valence-electron chi connectivity index (χ0n) is 21.9. The lowest BCUT2D eigenvalue weighted by Gasteiger charge is -2.35. The highest BCUT2D eigenvalue weighted by Crippen LogP contribution is 2.37. The number of hydrogen-bond acceptors (Lipinski definition) is 4. The number of nitrogens with zero attached hydrogens (tertiary/aromatic N) is 2. The molecule has 1 unspecified atom stereocenters. The first-order valence-corrected chi connectivity index (χ1v) is 14.2. The molecule has 8 heteroatoms. The Morgan fingerprint density at radius 3 is 2.59 bits per heavy atom. The van der Waals surface area contributed by atoms with Gasteiger partial charge in [-0.3, -0.25) is 9.69 Å². The van der Waals surface area contributed by atoms with E-state index in [9.17, 15) is 4.79 Å². The molecule has 1 saturated heterocycles. The van der Waals surface area contributed by atoms with Gasteiger partial charge in [-0.2, -0.15) is 0 Å². The number of piperazine rings is 1. The Morgan fingerprint density at radius 2 is 1.79 bits per heavy atom. The van der Waals surface area contributed by atoms with Gasteiger partial charge < -0.3 is 19.4 Å². The average Bonchev–Trinajstić information content (AvgIpc) is 3.60. The number of halogens is 2. The van der Waals surface area contributed by atoms with Gasteiger partial charge >= 0.3 is 0 Å². The third kappa shape index (κ3) is 5.33. The van der Waals surface area contributed by atoms with Gasteiger partial charge in [0, 0.05) is 62.2 Å². The predicted octanol–water partition coefficient (Wildman–Crippen LogP) is 6.63. The zero-order valence-corrected chi connectivity index (χ0v) is 23.4. The standard InChI is InChI=1S/C31H31Cl2N3O3/c1-2-21-4-3-5-23-25(17-34-31(21)23)24(22-7-8-26(32)27(33)15-22)16-30(37)36-12-10-35(11-13-36)18-20-6-9-28-29(14-20)39-19-38-28/h3-9,14-15,17,24,34H,2,10-13,16,18-19H2,1H3. The second-order valence-corrected chi connectivity index (χ2v) is 11.0. The SMILES string of the molecule is CCc1cccc2c(C(CC(=O)N3CCN(Cc4ccc5c(c4)OCO5)CC3)c3ccc(Cl)c(Cl)c3)c[nH]c12. The fourth-order valence-corrected chi connectivity index (χ4v) is 6.02. The quantitative estimate of drug-likeness (QED) is 0.274. The van der Waals surface area contributed by atoms with Gasteiger partial charge in [-0.15, -0.1) is 0 Å². The van der Waals surface area contributed by atoms with E-state index in [1.54, 1.807) is 0 Å². The van der Waals surface area contributed by atoms with Crippen LogP contribution < -0.4 is 9.47 Å². The summed E-state index contributed by atoms with van der Waals surface area (Å²) in [6.07, 6.45) is 3.35. The predicted molar refractivity (Wildman–Crippen MR) is 155 cm³/mol. The number of benzene rings is 3. The molecule has 2 aliphatic heterocycles. The molecule has 6 nitrogen and oxygen atoms in total. The van der Waals surface area contributed by atoms with Gasteiger partial charge in [0.1, 0.15) is 0 Å². The van der Waals surface area contributed by atoms with E-state index < -0.39 is 0 Å². The van der Waals surface area contributed by atoms with Gasteiger partial charge in [0.15, 0.2) is 11.5 Å². The van der Waals surface area contributed by atoms with Crippen LogP contribution in [0.5, 0.6) is 11.5 Å². The first-order valence-electron chi connectivity index (χ1n) is 13.4. The molecule has 0 aliphatic carbocycles. The van der Waals surface area contributed by atoms with Crippen LogP contribution in [-0.4, -0.2) is 53.7 Å². The number of ether oxygens (including phenoxy) is 2. The summed E-state index contributed by atoms with van der Waals surface area (Å²) in [5.74, 6) is 1.61. The molecule has 39 heavy (non-hydrogen) atoms. The van der Waals surface area contributed by atoms with Crippen LogP contribution in [0.25, 0.3) is 10.9 Å². The van der Waals surface area contributed by atoms with Crippen molar-refractivity contribution in [2.45, 2.75) is 32.2 Å². The molecular formula is C31H31Cl2N3O3. The molecule has 0 radical (unpaired) electrons. The minimum absolute atomic E-state index is 0.139. The largest absolute Gasteiger partial charge is 0.454 e. The Kier molecular flexibility index (Phi) is 7.43. The topological polar surface area (TPSA) is 57.8 Å². The number of nitrogens with one attached hydrogen (secondary N) is 1. The van der Waals surface area contributed by atoms with Crippen molar-refractivity contribution >= 4 is 40.0 Å². The molecule has 3 heterocycles. The molecule has 1 aromatic heterocycles. The maximum atomic E-state index is 13.7. The maximum Gasteiger partial charge on any atom is 0.231 e. The number of fused-ring (bicyclic) bond motifs is 2. The Balaban J connectivity index is 1.18. The highest BCUT2D eigenvalue weighted by molar-refractivity contribution is 6.42. The minimum atomic E-state index is -0.139. The minimum Gasteiger partial charge on any atom is -0.454 e. The normalized spacial score (nSPS) is 16.1. The molecular weight excluding hydrogens is 533 g/mol. The van der Waals surface area contributed by atoms with Crippen LogP contribution in [0.4, 0.5) is 0 Å². The van der Waals surface area contributed by atoms with Gasteiger partial charge in [0.05, 0.1) is 10.0 Å². The average molecular weight is 565 g/mol. The van der Waals surface area contributed by atoms with E-state index in [2.05, 4.69) is 41.1 Å². The highest BCUT2D eigenvalue weighted by Gasteiger charge is 2.27. The number of aromatic amines is 1. The summed E-state index contributed by atoms with van der Waals surface area (Å²) in [6, 6.07) is 18.2. The highest BCUT2D eigenvalue weighted by atomic mass is 35.5. The Hall–Kier alpha value is -3.19. The summed E-state index contributed by atoms with van der Waals surface area (Å²) in [5.41, 5.74) is 5.67. The fourth-order valence-electron chi connectivity index (χ4n) is 5.71. The van der Waals surface area contributed by atoms with Crippen LogP contribution in [0.2, 0.25) is 10.0 Å². The van der Waals surface area contributed by atoms with Crippen molar-refractivity contribution in [3.8, 4) is 11.5 Å². The van der Waals surface area contributed by atoms with Crippen LogP contribution in [-0.2, 0) is 17.8 Å². The third-order valence-electron chi connectivity index (χ3n) is 7.88. The lowest BCUT2D eigenvalue weighted by atomic mass is 9.87. The van der Waals surface area contributed by atoms with E-state index in [1.165, 1.54) is 11.1 Å².